The lowest BCUT2D eigenvalue weighted by atomic mass is 9.90. The zero-order chi connectivity index (χ0) is 41.0. The number of pyridine rings is 1. The number of aryl methyl sites for hydroxylation is 2. The average Bonchev–Trinajstić information content (AvgIpc) is 3.25. The Morgan fingerprint density at radius 3 is 2.41 bits per heavy atom. The maximum absolute atomic E-state index is 14.2. The quantitative estimate of drug-likeness (QED) is 0.136. The van der Waals surface area contributed by atoms with Gasteiger partial charge >= 0.3 is 5.97 Å². The highest BCUT2D eigenvalue weighted by atomic mass is 16.6. The van der Waals surface area contributed by atoms with Crippen LogP contribution < -0.4 is 19.5 Å². The van der Waals surface area contributed by atoms with Crippen molar-refractivity contribution in [2.45, 2.75) is 90.4 Å². The zero-order valence-corrected chi connectivity index (χ0v) is 33.9. The van der Waals surface area contributed by atoms with Crippen molar-refractivity contribution in [1.82, 2.24) is 15.2 Å². The van der Waals surface area contributed by atoms with Gasteiger partial charge in [-0.05, 0) is 121 Å². The molecule has 0 bridgehead atoms. The first kappa shape index (κ1) is 39.7. The fraction of sp³-hybridized carbons (Fsp3) is 0.347. The van der Waals surface area contributed by atoms with Gasteiger partial charge in [0.05, 0.1) is 6.61 Å². The van der Waals surface area contributed by atoms with Crippen LogP contribution in [0.3, 0.4) is 0 Å². The molecule has 8 rings (SSSR count). The van der Waals surface area contributed by atoms with Crippen molar-refractivity contribution in [3.8, 4) is 28.4 Å². The van der Waals surface area contributed by atoms with Crippen molar-refractivity contribution >= 4 is 17.8 Å². The van der Waals surface area contributed by atoms with Gasteiger partial charge in [0.15, 0.2) is 17.6 Å². The van der Waals surface area contributed by atoms with E-state index in [9.17, 15) is 19.5 Å². The Bertz CT molecular complexity index is 2340. The van der Waals surface area contributed by atoms with E-state index in [4.69, 9.17) is 14.2 Å². The van der Waals surface area contributed by atoms with Crippen molar-refractivity contribution in [3.63, 3.8) is 0 Å². The molecule has 0 saturated heterocycles. The minimum atomic E-state index is -1.22. The van der Waals surface area contributed by atoms with Crippen LogP contribution in [0.1, 0.15) is 87.6 Å². The largest absolute Gasteiger partial charge is 0.493 e. The number of fused-ring (bicyclic) bond motifs is 2. The summed E-state index contributed by atoms with van der Waals surface area (Å²) in [4.78, 5) is 47.0. The van der Waals surface area contributed by atoms with Crippen LogP contribution >= 0.6 is 0 Å². The van der Waals surface area contributed by atoms with Gasteiger partial charge in [-0.2, -0.15) is 0 Å². The van der Waals surface area contributed by atoms with E-state index < -0.39 is 24.0 Å². The first-order valence-electron chi connectivity index (χ1n) is 20.7. The van der Waals surface area contributed by atoms with Gasteiger partial charge in [-0.1, -0.05) is 73.4 Å². The van der Waals surface area contributed by atoms with E-state index >= 15 is 0 Å². The molecule has 1 saturated carbocycles. The van der Waals surface area contributed by atoms with E-state index in [1.165, 1.54) is 32.1 Å². The third-order valence-corrected chi connectivity index (χ3v) is 12.1. The standard InChI is InChI=1S/C49H51N3O7/c1-30-8-7-11-37(22-30)48(54)52-27-39-26-45-44(58-29-46(59-45)36-16-18-40(19-17-36)57-28-34-9-5-4-6-10-34)25-38(39)24-43(52)47(53)51-42(49(55)56)23-33-12-14-35(15-13-33)41-20-21-50-32(3)31(41)2/h7-8,11-22,25-26,34,42-43,46H,4-6,9-10,23-24,27-29H2,1-3H3,(H,51,53)(H,55,56)/t42?,43-,46+/m0/s1. The Morgan fingerprint density at radius 2 is 1.66 bits per heavy atom. The lowest BCUT2D eigenvalue weighted by molar-refractivity contribution is -0.142. The number of nitrogens with one attached hydrogen (secondary N) is 1. The molecular formula is C49H51N3O7. The molecule has 10 nitrogen and oxygen atoms in total. The predicted molar refractivity (Wildman–Crippen MR) is 225 cm³/mol. The van der Waals surface area contributed by atoms with Crippen LogP contribution in [0.4, 0.5) is 0 Å². The Labute approximate surface area is 345 Å². The number of carbonyl (C=O) groups is 3. The van der Waals surface area contributed by atoms with Crippen LogP contribution in [-0.4, -0.2) is 58.1 Å². The van der Waals surface area contributed by atoms with E-state index in [-0.39, 0.29) is 31.4 Å². The normalized spacial score (nSPS) is 18.1. The average molecular weight is 794 g/mol. The smallest absolute Gasteiger partial charge is 0.326 e. The van der Waals surface area contributed by atoms with Gasteiger partial charge in [0.2, 0.25) is 5.91 Å². The van der Waals surface area contributed by atoms with Gasteiger partial charge in [-0.3, -0.25) is 14.6 Å². The number of nitrogens with zero attached hydrogens (tertiary/aromatic N) is 2. The lowest BCUT2D eigenvalue weighted by Crippen LogP contribution is -2.56. The molecule has 1 fully saturated rings. The topological polar surface area (TPSA) is 127 Å². The monoisotopic (exact) mass is 793 g/mol. The van der Waals surface area contributed by atoms with Crippen molar-refractivity contribution in [2.24, 2.45) is 5.92 Å². The molecule has 59 heavy (non-hydrogen) atoms. The molecule has 3 heterocycles. The molecule has 1 aliphatic carbocycles. The van der Waals surface area contributed by atoms with Crippen LogP contribution in [0.2, 0.25) is 0 Å². The van der Waals surface area contributed by atoms with Crippen LogP contribution in [0.5, 0.6) is 17.2 Å². The summed E-state index contributed by atoms with van der Waals surface area (Å²) < 4.78 is 18.9. The molecule has 2 aliphatic heterocycles. The maximum atomic E-state index is 14.2. The summed E-state index contributed by atoms with van der Waals surface area (Å²) in [5.74, 6) is 0.581. The van der Waals surface area contributed by atoms with E-state index in [1.54, 1.807) is 23.2 Å². The first-order valence-corrected chi connectivity index (χ1v) is 20.7. The predicted octanol–water partition coefficient (Wildman–Crippen LogP) is 8.52. The number of aromatic nitrogens is 1. The van der Waals surface area contributed by atoms with E-state index in [1.807, 2.05) is 99.6 Å². The fourth-order valence-corrected chi connectivity index (χ4v) is 8.53. The molecule has 2 N–H and O–H groups in total. The molecule has 304 valence electrons. The van der Waals surface area contributed by atoms with Crippen molar-refractivity contribution in [1.29, 1.82) is 0 Å². The lowest BCUT2D eigenvalue weighted by Gasteiger charge is -2.37. The van der Waals surface area contributed by atoms with E-state index in [0.29, 0.717) is 29.6 Å². The van der Waals surface area contributed by atoms with E-state index in [2.05, 4.69) is 10.3 Å². The third kappa shape index (κ3) is 8.97. The highest BCUT2D eigenvalue weighted by Crippen LogP contribution is 2.41. The number of rotatable bonds is 11. The number of ether oxygens (including phenoxy) is 3. The Kier molecular flexibility index (Phi) is 11.7. The number of carboxylic acids is 1. The van der Waals surface area contributed by atoms with Crippen LogP contribution in [-0.2, 0) is 29.0 Å². The Hall–Kier alpha value is -6.16. The number of hydrogen-bond donors (Lipinski definition) is 2. The molecule has 3 atom stereocenters. The Balaban J connectivity index is 0.992. The van der Waals surface area contributed by atoms with E-state index in [0.717, 1.165) is 62.6 Å². The number of aliphatic carboxylic acids is 1. The van der Waals surface area contributed by atoms with Gasteiger partial charge in [-0.25, -0.2) is 4.79 Å². The van der Waals surface area contributed by atoms with Gasteiger partial charge in [0.25, 0.3) is 5.91 Å². The van der Waals surface area contributed by atoms with Gasteiger partial charge in [0.1, 0.15) is 24.4 Å². The van der Waals surface area contributed by atoms with Gasteiger partial charge < -0.3 is 29.5 Å². The summed E-state index contributed by atoms with van der Waals surface area (Å²) in [5.41, 5.74) is 8.83. The molecule has 4 aromatic carbocycles. The van der Waals surface area contributed by atoms with Crippen LogP contribution in [0.25, 0.3) is 11.1 Å². The molecule has 2 amide bonds. The second-order valence-corrected chi connectivity index (χ2v) is 16.3. The third-order valence-electron chi connectivity index (χ3n) is 12.1. The molecule has 10 heteroatoms. The summed E-state index contributed by atoms with van der Waals surface area (Å²) in [6.07, 6.45) is 8.03. The number of amides is 2. The summed E-state index contributed by atoms with van der Waals surface area (Å²) in [7, 11) is 0. The molecule has 3 aliphatic rings. The van der Waals surface area contributed by atoms with Crippen molar-refractivity contribution in [3.05, 3.63) is 142 Å². The fourth-order valence-electron chi connectivity index (χ4n) is 8.53. The summed E-state index contributed by atoms with van der Waals surface area (Å²) >= 11 is 0. The molecule has 0 radical (unpaired) electrons. The van der Waals surface area contributed by atoms with Crippen LogP contribution in [0.15, 0.2) is 97.2 Å². The number of carbonyl (C=O) groups excluding carboxylic acids is 2. The summed E-state index contributed by atoms with van der Waals surface area (Å²) in [6.45, 7) is 7.08. The van der Waals surface area contributed by atoms with Gasteiger partial charge in [-0.15, -0.1) is 0 Å². The first-order chi connectivity index (χ1) is 28.6. The molecule has 1 unspecified atom stereocenters. The zero-order valence-electron chi connectivity index (χ0n) is 33.9. The van der Waals surface area contributed by atoms with Crippen molar-refractivity contribution < 1.29 is 33.7 Å². The number of benzene rings is 4. The number of carboxylic acid groups (broad SMARTS) is 1. The van der Waals surface area contributed by atoms with Crippen LogP contribution in [0, 0.1) is 26.7 Å². The minimum absolute atomic E-state index is 0.0703. The molecule has 0 spiro atoms. The van der Waals surface area contributed by atoms with Gasteiger partial charge in [0, 0.05) is 36.8 Å². The molecule has 5 aromatic rings. The highest BCUT2D eigenvalue weighted by molar-refractivity contribution is 5.98. The maximum Gasteiger partial charge on any atom is 0.326 e. The SMILES string of the molecule is Cc1cccc(C(=O)N2Cc3cc4c(cc3C[C@H]2C(=O)NC(Cc2ccc(-c3ccnc(C)c3C)cc2)C(=O)O)OC[C@H](c2ccc(OCC3CCCCC3)cc2)O4)c1. The summed E-state index contributed by atoms with van der Waals surface area (Å²) in [6, 6.07) is 26.5. The second-order valence-electron chi connectivity index (χ2n) is 16.3. The molecule has 1 aromatic heterocycles. The Morgan fingerprint density at radius 1 is 0.898 bits per heavy atom. The number of hydrogen-bond acceptors (Lipinski definition) is 7. The molecular weight excluding hydrogens is 743 g/mol. The van der Waals surface area contributed by atoms with Crippen molar-refractivity contribution in [2.75, 3.05) is 13.2 Å². The minimum Gasteiger partial charge on any atom is -0.493 e. The highest BCUT2D eigenvalue weighted by Gasteiger charge is 2.38. The second kappa shape index (κ2) is 17.4. The summed E-state index contributed by atoms with van der Waals surface area (Å²) in [5, 5.41) is 13.1.